The van der Waals surface area contributed by atoms with Crippen molar-refractivity contribution in [2.75, 3.05) is 13.1 Å². The number of fused-ring (bicyclic) bond motifs is 1. The summed E-state index contributed by atoms with van der Waals surface area (Å²) in [6.45, 7) is 3.41. The molecular formula is C17H18N4OS. The van der Waals surface area contributed by atoms with Gasteiger partial charge < -0.3 is 9.88 Å². The third-order valence-corrected chi connectivity index (χ3v) is 5.57. The van der Waals surface area contributed by atoms with E-state index in [0.29, 0.717) is 11.6 Å². The van der Waals surface area contributed by atoms with Crippen LogP contribution in [-0.4, -0.2) is 38.8 Å². The second kappa shape index (κ2) is 5.77. The van der Waals surface area contributed by atoms with E-state index in [2.05, 4.69) is 28.2 Å². The fraction of sp³-hybridized carbons (Fsp3) is 0.353. The van der Waals surface area contributed by atoms with Crippen LogP contribution in [0.15, 0.2) is 30.5 Å². The van der Waals surface area contributed by atoms with Gasteiger partial charge >= 0.3 is 0 Å². The number of aromatic amines is 1. The van der Waals surface area contributed by atoms with Crippen molar-refractivity contribution in [3.05, 3.63) is 47.0 Å². The Morgan fingerprint density at radius 2 is 2.09 bits per heavy atom. The molecular weight excluding hydrogens is 308 g/mol. The number of nitrogens with zero attached hydrogens (tertiary/aromatic N) is 3. The molecule has 0 radical (unpaired) electrons. The van der Waals surface area contributed by atoms with E-state index in [0.717, 1.165) is 37.3 Å². The lowest BCUT2D eigenvalue weighted by Gasteiger charge is -2.30. The van der Waals surface area contributed by atoms with Crippen LogP contribution in [0.1, 0.15) is 40.1 Å². The van der Waals surface area contributed by atoms with Crippen LogP contribution in [0.25, 0.3) is 10.2 Å². The minimum atomic E-state index is 0.0494. The van der Waals surface area contributed by atoms with Gasteiger partial charge in [0.15, 0.2) is 0 Å². The Labute approximate surface area is 138 Å². The topological polar surface area (TPSA) is 61.9 Å². The number of hydrogen-bond donors (Lipinski definition) is 1. The zero-order valence-corrected chi connectivity index (χ0v) is 13.8. The molecule has 0 spiro atoms. The average Bonchev–Trinajstić information content (AvgIpc) is 3.20. The largest absolute Gasteiger partial charge is 0.338 e. The standard InChI is InChI=1S/C17H18N4OS/c1-11-18-10-14(19-11)17(22)21-8-6-12(7-9-21)16-20-13-4-2-3-5-15(13)23-16/h2-5,10,12H,6-9H2,1H3,(H,18,19). The first-order valence-corrected chi connectivity index (χ1v) is 8.69. The lowest BCUT2D eigenvalue weighted by molar-refractivity contribution is 0.0707. The Balaban J connectivity index is 1.45. The number of nitrogens with one attached hydrogen (secondary N) is 1. The summed E-state index contributed by atoms with van der Waals surface area (Å²) in [5.41, 5.74) is 1.67. The Bertz CT molecular complexity index is 812. The highest BCUT2D eigenvalue weighted by molar-refractivity contribution is 7.18. The summed E-state index contributed by atoms with van der Waals surface area (Å²) in [6.07, 6.45) is 3.56. The van der Waals surface area contributed by atoms with Gasteiger partial charge in [0.05, 0.1) is 21.4 Å². The van der Waals surface area contributed by atoms with E-state index >= 15 is 0 Å². The molecule has 1 aliphatic rings. The highest BCUT2D eigenvalue weighted by Gasteiger charge is 2.27. The maximum Gasteiger partial charge on any atom is 0.271 e. The van der Waals surface area contributed by atoms with Crippen LogP contribution in [0, 0.1) is 6.92 Å². The molecule has 0 unspecified atom stereocenters. The minimum absolute atomic E-state index is 0.0494. The van der Waals surface area contributed by atoms with Gasteiger partial charge in [-0.05, 0) is 31.9 Å². The second-order valence-corrected chi connectivity index (χ2v) is 7.03. The second-order valence-electron chi connectivity index (χ2n) is 5.97. The van der Waals surface area contributed by atoms with Gasteiger partial charge in [-0.15, -0.1) is 11.3 Å². The molecule has 3 aromatic rings. The zero-order chi connectivity index (χ0) is 15.8. The monoisotopic (exact) mass is 326 g/mol. The molecule has 4 rings (SSSR count). The quantitative estimate of drug-likeness (QED) is 0.785. The van der Waals surface area contributed by atoms with Crippen molar-refractivity contribution in [2.45, 2.75) is 25.7 Å². The zero-order valence-electron chi connectivity index (χ0n) is 13.0. The third kappa shape index (κ3) is 2.74. The van der Waals surface area contributed by atoms with Crippen molar-refractivity contribution in [2.24, 2.45) is 0 Å². The molecule has 5 nitrogen and oxygen atoms in total. The molecule has 0 saturated carbocycles. The molecule has 23 heavy (non-hydrogen) atoms. The molecule has 2 aromatic heterocycles. The van der Waals surface area contributed by atoms with Crippen molar-refractivity contribution in [3.8, 4) is 0 Å². The van der Waals surface area contributed by atoms with Crippen molar-refractivity contribution in [3.63, 3.8) is 0 Å². The maximum absolute atomic E-state index is 12.4. The van der Waals surface area contributed by atoms with Gasteiger partial charge in [0, 0.05) is 19.0 Å². The number of carbonyl (C=O) groups is 1. The minimum Gasteiger partial charge on any atom is -0.338 e. The van der Waals surface area contributed by atoms with E-state index in [4.69, 9.17) is 4.98 Å². The van der Waals surface area contributed by atoms with Crippen LogP contribution >= 0.6 is 11.3 Å². The number of H-pyrrole nitrogens is 1. The van der Waals surface area contributed by atoms with Gasteiger partial charge in [-0.1, -0.05) is 12.1 Å². The molecule has 118 valence electrons. The van der Waals surface area contributed by atoms with E-state index < -0.39 is 0 Å². The van der Waals surface area contributed by atoms with Crippen LogP contribution in [-0.2, 0) is 0 Å². The summed E-state index contributed by atoms with van der Waals surface area (Å²) in [6, 6.07) is 8.27. The lowest BCUT2D eigenvalue weighted by Crippen LogP contribution is -2.38. The molecule has 0 bridgehead atoms. The highest BCUT2D eigenvalue weighted by atomic mass is 32.1. The van der Waals surface area contributed by atoms with Gasteiger partial charge in [0.25, 0.3) is 5.91 Å². The van der Waals surface area contributed by atoms with Gasteiger partial charge in [0.1, 0.15) is 11.5 Å². The highest BCUT2D eigenvalue weighted by Crippen LogP contribution is 2.33. The van der Waals surface area contributed by atoms with Crippen LogP contribution in [0.4, 0.5) is 0 Å². The van der Waals surface area contributed by atoms with E-state index in [-0.39, 0.29) is 5.91 Å². The molecule has 1 amide bonds. The van der Waals surface area contributed by atoms with Gasteiger partial charge in [-0.25, -0.2) is 9.97 Å². The number of para-hydroxylation sites is 1. The number of rotatable bonds is 2. The third-order valence-electron chi connectivity index (χ3n) is 4.38. The summed E-state index contributed by atoms with van der Waals surface area (Å²) in [7, 11) is 0. The Morgan fingerprint density at radius 1 is 1.30 bits per heavy atom. The Hall–Kier alpha value is -2.21. The number of amides is 1. The summed E-state index contributed by atoms with van der Waals surface area (Å²) in [4.78, 5) is 26.2. The van der Waals surface area contributed by atoms with Crippen molar-refractivity contribution >= 4 is 27.5 Å². The molecule has 1 saturated heterocycles. The Kier molecular flexibility index (Phi) is 3.61. The number of hydrogen-bond acceptors (Lipinski definition) is 4. The molecule has 6 heteroatoms. The molecule has 1 aliphatic heterocycles. The summed E-state index contributed by atoms with van der Waals surface area (Å²) >= 11 is 1.78. The van der Waals surface area contributed by atoms with E-state index in [1.807, 2.05) is 17.9 Å². The van der Waals surface area contributed by atoms with Crippen LogP contribution in [0.3, 0.4) is 0 Å². The van der Waals surface area contributed by atoms with Crippen molar-refractivity contribution in [1.29, 1.82) is 0 Å². The number of imidazole rings is 1. The summed E-state index contributed by atoms with van der Waals surface area (Å²) in [5.74, 6) is 1.28. The predicted octanol–water partition coefficient (Wildman–Crippen LogP) is 3.35. The first-order chi connectivity index (χ1) is 11.2. The molecule has 1 fully saturated rings. The molecule has 1 aromatic carbocycles. The predicted molar refractivity (Wildman–Crippen MR) is 90.8 cm³/mol. The first-order valence-electron chi connectivity index (χ1n) is 7.87. The number of benzene rings is 1. The summed E-state index contributed by atoms with van der Waals surface area (Å²) in [5, 5.41) is 1.20. The number of thiazole rings is 1. The molecule has 3 heterocycles. The van der Waals surface area contributed by atoms with Crippen molar-refractivity contribution in [1.82, 2.24) is 19.9 Å². The smallest absolute Gasteiger partial charge is 0.271 e. The average molecular weight is 326 g/mol. The number of piperidine rings is 1. The molecule has 0 aliphatic carbocycles. The van der Waals surface area contributed by atoms with Gasteiger partial charge in [-0.2, -0.15) is 0 Å². The first kappa shape index (κ1) is 14.4. The molecule has 1 N–H and O–H groups in total. The van der Waals surface area contributed by atoms with Crippen molar-refractivity contribution < 1.29 is 4.79 Å². The number of carbonyl (C=O) groups excluding carboxylic acids is 1. The van der Waals surface area contributed by atoms with E-state index in [1.54, 1.807) is 17.5 Å². The van der Waals surface area contributed by atoms with E-state index in [1.165, 1.54) is 9.71 Å². The SMILES string of the molecule is Cc1ncc(C(=O)N2CCC(c3nc4ccccc4s3)CC2)[nH]1. The van der Waals surface area contributed by atoms with Gasteiger partial charge in [0.2, 0.25) is 0 Å². The number of likely N-dealkylation sites (tertiary alicyclic amines) is 1. The van der Waals surface area contributed by atoms with E-state index in [9.17, 15) is 4.79 Å². The Morgan fingerprint density at radius 3 is 2.78 bits per heavy atom. The summed E-state index contributed by atoms with van der Waals surface area (Å²) < 4.78 is 1.24. The fourth-order valence-corrected chi connectivity index (χ4v) is 4.23. The molecule has 0 atom stereocenters. The van der Waals surface area contributed by atoms with Crippen LogP contribution < -0.4 is 0 Å². The van der Waals surface area contributed by atoms with Crippen LogP contribution in [0.5, 0.6) is 0 Å². The fourth-order valence-electron chi connectivity index (χ4n) is 3.09. The maximum atomic E-state index is 12.4. The van der Waals surface area contributed by atoms with Gasteiger partial charge in [-0.3, -0.25) is 4.79 Å². The van der Waals surface area contributed by atoms with Crippen LogP contribution in [0.2, 0.25) is 0 Å². The normalized spacial score (nSPS) is 16.1. The number of aromatic nitrogens is 3. The number of aryl methyl sites for hydroxylation is 1. The lowest BCUT2D eigenvalue weighted by atomic mass is 9.97.